The molecule has 1 unspecified atom stereocenters. The lowest BCUT2D eigenvalue weighted by molar-refractivity contribution is 0.378. The van der Waals surface area contributed by atoms with Gasteiger partial charge in [0.25, 0.3) is 0 Å². The Morgan fingerprint density at radius 1 is 1.50 bits per heavy atom. The summed E-state index contributed by atoms with van der Waals surface area (Å²) >= 11 is 6.04. The van der Waals surface area contributed by atoms with Gasteiger partial charge in [-0.2, -0.15) is 5.26 Å². The second kappa shape index (κ2) is 5.43. The molecule has 1 aromatic heterocycles. The number of hydrogen-bond acceptors (Lipinski definition) is 3. The van der Waals surface area contributed by atoms with Gasteiger partial charge in [0.05, 0.1) is 17.0 Å². The molecule has 1 aliphatic rings. The number of benzene rings is 1. The van der Waals surface area contributed by atoms with Gasteiger partial charge in [0.2, 0.25) is 0 Å². The van der Waals surface area contributed by atoms with Gasteiger partial charge >= 0.3 is 0 Å². The first-order valence-electron chi connectivity index (χ1n) is 6.85. The van der Waals surface area contributed by atoms with Gasteiger partial charge in [-0.3, -0.25) is 0 Å². The molecule has 0 radical (unpaired) electrons. The highest BCUT2D eigenvalue weighted by atomic mass is 35.5. The van der Waals surface area contributed by atoms with Crippen LogP contribution in [0, 0.1) is 17.2 Å². The Balaban J connectivity index is 2.03. The predicted molar refractivity (Wildman–Crippen MR) is 79.6 cm³/mol. The maximum absolute atomic E-state index is 9.19. The summed E-state index contributed by atoms with van der Waals surface area (Å²) in [5.41, 5.74) is 2.42. The first-order chi connectivity index (χ1) is 9.72. The van der Waals surface area contributed by atoms with Crippen molar-refractivity contribution in [2.45, 2.75) is 18.8 Å². The molecule has 2 heterocycles. The Morgan fingerprint density at radius 3 is 3.00 bits per heavy atom. The maximum atomic E-state index is 9.19. The van der Waals surface area contributed by atoms with E-state index in [2.05, 4.69) is 27.6 Å². The summed E-state index contributed by atoms with van der Waals surface area (Å²) < 4.78 is 2.19. The molecule has 0 saturated carbocycles. The highest BCUT2D eigenvalue weighted by molar-refractivity contribution is 6.16. The molecule has 0 aliphatic carbocycles. The minimum atomic E-state index is 0.377. The van der Waals surface area contributed by atoms with Crippen molar-refractivity contribution in [1.82, 2.24) is 14.5 Å². The average molecular weight is 289 g/mol. The number of imidazole rings is 1. The summed E-state index contributed by atoms with van der Waals surface area (Å²) in [7, 11) is 2.16. The third-order valence-electron chi connectivity index (χ3n) is 4.03. The van der Waals surface area contributed by atoms with Gasteiger partial charge in [0, 0.05) is 13.1 Å². The minimum Gasteiger partial charge on any atom is -0.327 e. The topological polar surface area (TPSA) is 44.9 Å². The van der Waals surface area contributed by atoms with Crippen molar-refractivity contribution in [2.24, 2.45) is 5.92 Å². The van der Waals surface area contributed by atoms with Gasteiger partial charge in [-0.25, -0.2) is 4.98 Å². The van der Waals surface area contributed by atoms with Crippen molar-refractivity contribution in [3.05, 3.63) is 29.6 Å². The van der Waals surface area contributed by atoms with Crippen LogP contribution >= 0.6 is 11.6 Å². The molecular weight excluding hydrogens is 272 g/mol. The quantitative estimate of drug-likeness (QED) is 0.816. The number of nitriles is 1. The van der Waals surface area contributed by atoms with E-state index < -0.39 is 0 Å². The molecule has 1 aliphatic heterocycles. The molecule has 0 bridgehead atoms. The molecule has 0 spiro atoms. The smallest absolute Gasteiger partial charge is 0.124 e. The summed E-state index contributed by atoms with van der Waals surface area (Å²) in [5, 5.41) is 9.19. The standard InChI is InChI=1S/C15H17ClN4/c1-19-6-5-11(9-19)10-20-13-4-2-3-12(8-17)15(13)18-14(20)7-16/h2-4,11H,5-7,9-10H2,1H3. The van der Waals surface area contributed by atoms with Crippen LogP contribution in [-0.2, 0) is 12.4 Å². The van der Waals surface area contributed by atoms with Crippen LogP contribution in [0.4, 0.5) is 0 Å². The number of halogens is 1. The average Bonchev–Trinajstić information content (AvgIpc) is 3.03. The van der Waals surface area contributed by atoms with E-state index in [1.807, 2.05) is 12.1 Å². The molecule has 5 heteroatoms. The minimum absolute atomic E-state index is 0.377. The Labute approximate surface area is 123 Å². The number of aromatic nitrogens is 2. The van der Waals surface area contributed by atoms with Crippen molar-refractivity contribution < 1.29 is 0 Å². The molecule has 3 rings (SSSR count). The molecule has 20 heavy (non-hydrogen) atoms. The number of nitrogens with zero attached hydrogens (tertiary/aromatic N) is 4. The Hall–Kier alpha value is -1.57. The Morgan fingerprint density at radius 2 is 2.35 bits per heavy atom. The van der Waals surface area contributed by atoms with Crippen LogP contribution in [0.2, 0.25) is 0 Å². The van der Waals surface area contributed by atoms with Crippen molar-refractivity contribution in [3.8, 4) is 6.07 Å². The second-order valence-corrected chi connectivity index (χ2v) is 5.74. The van der Waals surface area contributed by atoms with Crippen molar-refractivity contribution in [1.29, 1.82) is 5.26 Å². The molecule has 1 aromatic carbocycles. The van der Waals surface area contributed by atoms with Crippen molar-refractivity contribution in [3.63, 3.8) is 0 Å². The molecule has 1 fully saturated rings. The van der Waals surface area contributed by atoms with Gasteiger partial charge in [0.15, 0.2) is 0 Å². The first kappa shape index (κ1) is 13.4. The zero-order valence-electron chi connectivity index (χ0n) is 11.5. The van der Waals surface area contributed by atoms with Crippen LogP contribution in [0.25, 0.3) is 11.0 Å². The summed E-state index contributed by atoms with van der Waals surface area (Å²) in [4.78, 5) is 6.91. The lowest BCUT2D eigenvalue weighted by Gasteiger charge is -2.14. The van der Waals surface area contributed by atoms with Gasteiger partial charge in [-0.15, -0.1) is 11.6 Å². The molecule has 104 valence electrons. The van der Waals surface area contributed by atoms with E-state index in [9.17, 15) is 5.26 Å². The van der Waals surface area contributed by atoms with E-state index >= 15 is 0 Å². The third kappa shape index (κ3) is 2.28. The summed E-state index contributed by atoms with van der Waals surface area (Å²) in [6.45, 7) is 3.19. The van der Waals surface area contributed by atoms with E-state index in [0.29, 0.717) is 17.4 Å². The van der Waals surface area contributed by atoms with E-state index in [1.54, 1.807) is 6.07 Å². The normalized spacial score (nSPS) is 19.6. The van der Waals surface area contributed by atoms with Gasteiger partial charge in [-0.1, -0.05) is 6.07 Å². The van der Waals surface area contributed by atoms with E-state index in [-0.39, 0.29) is 0 Å². The van der Waals surface area contributed by atoms with Crippen LogP contribution < -0.4 is 0 Å². The Bertz CT molecular complexity index is 670. The van der Waals surface area contributed by atoms with Crippen molar-refractivity contribution in [2.75, 3.05) is 20.1 Å². The van der Waals surface area contributed by atoms with Gasteiger partial charge in [0.1, 0.15) is 17.4 Å². The zero-order chi connectivity index (χ0) is 14.1. The van der Waals surface area contributed by atoms with Crippen LogP contribution in [0.5, 0.6) is 0 Å². The summed E-state index contributed by atoms with van der Waals surface area (Å²) in [5.74, 6) is 1.87. The SMILES string of the molecule is CN1CCC(Cn2c(CCl)nc3c(C#N)cccc32)C1. The molecular formula is C15H17ClN4. The number of rotatable bonds is 3. The number of para-hydroxylation sites is 1. The number of likely N-dealkylation sites (tertiary alicyclic amines) is 1. The first-order valence-corrected chi connectivity index (χ1v) is 7.39. The van der Waals surface area contributed by atoms with E-state index in [4.69, 9.17) is 11.6 Å². The lowest BCUT2D eigenvalue weighted by Crippen LogP contribution is -2.18. The van der Waals surface area contributed by atoms with Crippen LogP contribution in [0.15, 0.2) is 18.2 Å². The molecule has 0 N–H and O–H groups in total. The summed E-state index contributed by atoms with van der Waals surface area (Å²) in [6, 6.07) is 7.95. The maximum Gasteiger partial charge on any atom is 0.124 e. The number of alkyl halides is 1. The molecule has 2 aromatic rings. The monoisotopic (exact) mass is 288 g/mol. The fourth-order valence-electron chi connectivity index (χ4n) is 3.02. The van der Waals surface area contributed by atoms with Crippen LogP contribution in [-0.4, -0.2) is 34.6 Å². The van der Waals surface area contributed by atoms with Crippen LogP contribution in [0.1, 0.15) is 17.8 Å². The fraction of sp³-hybridized carbons (Fsp3) is 0.467. The third-order valence-corrected chi connectivity index (χ3v) is 4.27. The zero-order valence-corrected chi connectivity index (χ0v) is 12.3. The van der Waals surface area contributed by atoms with E-state index in [0.717, 1.165) is 36.5 Å². The summed E-state index contributed by atoms with van der Waals surface area (Å²) in [6.07, 6.45) is 1.20. The molecule has 4 nitrogen and oxygen atoms in total. The molecule has 1 atom stereocenters. The van der Waals surface area contributed by atoms with Gasteiger partial charge < -0.3 is 9.47 Å². The highest BCUT2D eigenvalue weighted by Crippen LogP contribution is 2.24. The lowest BCUT2D eigenvalue weighted by atomic mass is 10.1. The number of fused-ring (bicyclic) bond motifs is 1. The molecule has 1 saturated heterocycles. The van der Waals surface area contributed by atoms with E-state index in [1.165, 1.54) is 6.42 Å². The van der Waals surface area contributed by atoms with Crippen LogP contribution in [0.3, 0.4) is 0 Å². The second-order valence-electron chi connectivity index (χ2n) is 5.47. The highest BCUT2D eigenvalue weighted by Gasteiger charge is 2.22. The Kier molecular flexibility index (Phi) is 3.64. The van der Waals surface area contributed by atoms with Gasteiger partial charge in [-0.05, 0) is 38.1 Å². The van der Waals surface area contributed by atoms with Crippen molar-refractivity contribution >= 4 is 22.6 Å². The predicted octanol–water partition coefficient (Wildman–Crippen LogP) is 2.60. The molecule has 0 amide bonds. The largest absolute Gasteiger partial charge is 0.327 e. The number of hydrogen-bond donors (Lipinski definition) is 0. The fourth-order valence-corrected chi connectivity index (χ4v) is 3.23.